The number of rotatable bonds is 2. The second-order valence-corrected chi connectivity index (χ2v) is 6.75. The predicted molar refractivity (Wildman–Crippen MR) is 69.4 cm³/mol. The maximum atomic E-state index is 3.74. The van der Waals surface area contributed by atoms with Gasteiger partial charge in [-0.3, -0.25) is 0 Å². The molecule has 2 aliphatic heterocycles. The Kier molecular flexibility index (Phi) is 3.60. The Morgan fingerprint density at radius 3 is 2.62 bits per heavy atom. The zero-order valence-corrected chi connectivity index (χ0v) is 10.1. The fourth-order valence-electron chi connectivity index (χ4n) is 0.911. The molecule has 0 nitrogen and oxygen atoms in total. The molecule has 0 fully saturated rings. The van der Waals surface area contributed by atoms with Crippen molar-refractivity contribution in [2.75, 3.05) is 0 Å². The molecule has 0 aromatic heterocycles. The van der Waals surface area contributed by atoms with Crippen molar-refractivity contribution < 1.29 is 0 Å². The molecule has 0 unspecified atom stereocenters. The molecule has 0 saturated heterocycles. The molecule has 68 valence electrons. The van der Waals surface area contributed by atoms with Gasteiger partial charge >= 0.3 is 0 Å². The first kappa shape index (κ1) is 9.90. The lowest BCUT2D eigenvalue weighted by molar-refractivity contribution is 1.39. The van der Waals surface area contributed by atoms with Crippen LogP contribution in [0.2, 0.25) is 0 Å². The topological polar surface area (TPSA) is 0 Å². The third-order valence-corrected chi connectivity index (χ3v) is 6.53. The van der Waals surface area contributed by atoms with Gasteiger partial charge in [-0.2, -0.15) is 0 Å². The lowest BCUT2D eigenvalue weighted by Crippen LogP contribution is -1.68. The van der Waals surface area contributed by atoms with Gasteiger partial charge in [0, 0.05) is 4.91 Å². The van der Waals surface area contributed by atoms with Crippen molar-refractivity contribution in [1.29, 1.82) is 0 Å². The maximum absolute atomic E-state index is 3.74. The molecule has 2 aliphatic rings. The van der Waals surface area contributed by atoms with Crippen LogP contribution in [0.1, 0.15) is 6.42 Å². The molecular weight excluding hydrogens is 236 g/mol. The Hall–Kier alpha value is 0.360. The van der Waals surface area contributed by atoms with Gasteiger partial charge in [0.25, 0.3) is 0 Å². The van der Waals surface area contributed by atoms with E-state index in [1.807, 2.05) is 53.1 Å². The maximum Gasteiger partial charge on any atom is 0.0697 e. The van der Waals surface area contributed by atoms with Crippen LogP contribution >= 0.6 is 47.0 Å². The summed E-state index contributed by atoms with van der Waals surface area (Å²) in [7, 11) is 0. The Morgan fingerprint density at radius 2 is 1.92 bits per heavy atom. The van der Waals surface area contributed by atoms with Gasteiger partial charge < -0.3 is 0 Å². The predicted octanol–water partition coefficient (Wildman–Crippen LogP) is 4.96. The fraction of sp³-hybridized carbons (Fsp3) is 0.111. The minimum Gasteiger partial charge on any atom is -0.103 e. The normalized spacial score (nSPS) is 21.1. The quantitative estimate of drug-likeness (QED) is 0.629. The van der Waals surface area contributed by atoms with Crippen molar-refractivity contribution in [3.63, 3.8) is 0 Å². The highest BCUT2D eigenvalue weighted by Gasteiger charge is 2.17. The molecule has 0 aliphatic carbocycles. The molecular formula is C9H8S4. The lowest BCUT2D eigenvalue weighted by atomic mass is 10.4. The minimum absolute atomic E-state index is 0.997. The lowest BCUT2D eigenvalue weighted by Gasteiger charge is -2.00. The van der Waals surface area contributed by atoms with Gasteiger partial charge in [0.05, 0.1) is 8.47 Å². The highest BCUT2D eigenvalue weighted by Crippen LogP contribution is 2.53. The van der Waals surface area contributed by atoms with E-state index < -0.39 is 0 Å². The average Bonchev–Trinajstić information content (AvgIpc) is 2.70. The van der Waals surface area contributed by atoms with Gasteiger partial charge in [-0.15, -0.1) is 6.58 Å². The van der Waals surface area contributed by atoms with E-state index in [9.17, 15) is 0 Å². The van der Waals surface area contributed by atoms with Crippen molar-refractivity contribution in [3.8, 4) is 0 Å². The minimum atomic E-state index is 0.997. The zero-order valence-electron chi connectivity index (χ0n) is 6.86. The molecule has 0 aromatic rings. The third kappa shape index (κ3) is 2.43. The summed E-state index contributed by atoms with van der Waals surface area (Å²) >= 11 is 7.36. The summed E-state index contributed by atoms with van der Waals surface area (Å²) in [5.74, 6) is 0. The molecule has 0 radical (unpaired) electrons. The van der Waals surface area contributed by atoms with Gasteiger partial charge in [-0.1, -0.05) is 53.1 Å². The largest absolute Gasteiger partial charge is 0.103 e. The Balaban J connectivity index is 2.01. The summed E-state index contributed by atoms with van der Waals surface area (Å²) in [4.78, 5) is 1.41. The summed E-state index contributed by atoms with van der Waals surface area (Å²) in [6.07, 6.45) is 2.96. The van der Waals surface area contributed by atoms with Crippen LogP contribution in [0, 0.1) is 0 Å². The van der Waals surface area contributed by atoms with E-state index in [-0.39, 0.29) is 0 Å². The highest BCUT2D eigenvalue weighted by molar-refractivity contribution is 8.33. The van der Waals surface area contributed by atoms with Gasteiger partial charge in [-0.05, 0) is 22.6 Å². The Morgan fingerprint density at radius 1 is 1.15 bits per heavy atom. The van der Waals surface area contributed by atoms with E-state index in [0.29, 0.717) is 0 Å². The second-order valence-electron chi connectivity index (χ2n) is 2.38. The van der Waals surface area contributed by atoms with Gasteiger partial charge in [0.15, 0.2) is 0 Å². The van der Waals surface area contributed by atoms with E-state index in [0.717, 1.165) is 6.42 Å². The van der Waals surface area contributed by atoms with Crippen molar-refractivity contribution in [2.24, 2.45) is 0 Å². The summed E-state index contributed by atoms with van der Waals surface area (Å²) < 4.78 is 2.85. The van der Waals surface area contributed by atoms with Crippen molar-refractivity contribution in [2.45, 2.75) is 6.42 Å². The van der Waals surface area contributed by atoms with Crippen LogP contribution in [0.15, 0.2) is 42.3 Å². The summed E-state index contributed by atoms with van der Waals surface area (Å²) in [6, 6.07) is 0. The van der Waals surface area contributed by atoms with E-state index >= 15 is 0 Å². The van der Waals surface area contributed by atoms with Crippen LogP contribution in [-0.4, -0.2) is 0 Å². The van der Waals surface area contributed by atoms with E-state index in [4.69, 9.17) is 0 Å². The number of hydrogen-bond acceptors (Lipinski definition) is 4. The molecule has 0 amide bonds. The highest BCUT2D eigenvalue weighted by atomic mass is 32.2. The molecule has 0 bridgehead atoms. The molecule has 0 aromatic carbocycles. The smallest absolute Gasteiger partial charge is 0.0697 e. The van der Waals surface area contributed by atoms with Gasteiger partial charge in [-0.25, -0.2) is 0 Å². The zero-order chi connectivity index (χ0) is 9.10. The summed E-state index contributed by atoms with van der Waals surface area (Å²) in [5, 5.41) is 6.51. The van der Waals surface area contributed by atoms with Crippen LogP contribution in [0.5, 0.6) is 0 Å². The SMILES string of the molecule is C=CCC1=CSC(=C2SC=CS2)S1. The summed E-state index contributed by atoms with van der Waals surface area (Å²) in [6.45, 7) is 3.74. The molecule has 0 spiro atoms. The summed E-state index contributed by atoms with van der Waals surface area (Å²) in [5.41, 5.74) is 0. The van der Waals surface area contributed by atoms with Gasteiger partial charge in [0.1, 0.15) is 0 Å². The fourth-order valence-corrected chi connectivity index (χ4v) is 5.42. The molecule has 2 heterocycles. The first-order valence-corrected chi connectivity index (χ1v) is 7.23. The standard InChI is InChI=1S/C9H8S4/c1-2-3-7-6-12-9(13-7)8-10-4-5-11-8/h2,4-6H,1,3H2. The van der Waals surface area contributed by atoms with Crippen LogP contribution in [-0.2, 0) is 0 Å². The Labute approximate surface area is 95.4 Å². The van der Waals surface area contributed by atoms with E-state index in [1.54, 1.807) is 0 Å². The first-order valence-electron chi connectivity index (χ1n) is 3.77. The van der Waals surface area contributed by atoms with Crippen LogP contribution in [0.25, 0.3) is 0 Å². The number of thioether (sulfide) groups is 4. The third-order valence-electron chi connectivity index (χ3n) is 1.44. The molecule has 0 N–H and O–H groups in total. The van der Waals surface area contributed by atoms with Crippen molar-refractivity contribution >= 4 is 47.0 Å². The molecule has 0 saturated carbocycles. The van der Waals surface area contributed by atoms with Crippen molar-refractivity contribution in [1.82, 2.24) is 0 Å². The van der Waals surface area contributed by atoms with Gasteiger partial charge in [0.2, 0.25) is 0 Å². The average molecular weight is 244 g/mol. The Bertz CT molecular complexity index is 302. The molecule has 4 heteroatoms. The van der Waals surface area contributed by atoms with Crippen LogP contribution in [0.4, 0.5) is 0 Å². The first-order chi connectivity index (χ1) is 6.40. The van der Waals surface area contributed by atoms with Crippen molar-refractivity contribution in [3.05, 3.63) is 42.3 Å². The molecule has 0 atom stereocenters. The van der Waals surface area contributed by atoms with E-state index in [2.05, 4.69) is 22.8 Å². The van der Waals surface area contributed by atoms with E-state index in [1.165, 1.54) is 13.4 Å². The van der Waals surface area contributed by atoms with Crippen LogP contribution in [0.3, 0.4) is 0 Å². The number of hydrogen-bond donors (Lipinski definition) is 0. The number of allylic oxidation sites excluding steroid dienone is 2. The van der Waals surface area contributed by atoms with Crippen LogP contribution < -0.4 is 0 Å². The second kappa shape index (κ2) is 4.73. The molecule has 13 heavy (non-hydrogen) atoms. The monoisotopic (exact) mass is 244 g/mol. The molecule has 2 rings (SSSR count).